The maximum Gasteiger partial charge on any atom is 0.335 e. The van der Waals surface area contributed by atoms with E-state index in [2.05, 4.69) is 16.0 Å². The summed E-state index contributed by atoms with van der Waals surface area (Å²) in [7, 11) is 0. The molecule has 0 radical (unpaired) electrons. The average Bonchev–Trinajstić information content (AvgIpc) is 3.09. The number of thioether (sulfide) groups is 1. The van der Waals surface area contributed by atoms with Gasteiger partial charge in [0.15, 0.2) is 0 Å². The van der Waals surface area contributed by atoms with Gasteiger partial charge in [0.1, 0.15) is 16.8 Å². The van der Waals surface area contributed by atoms with E-state index < -0.39 is 34.8 Å². The topological polar surface area (TPSA) is 125 Å². The van der Waals surface area contributed by atoms with Crippen molar-refractivity contribution in [2.75, 3.05) is 10.6 Å². The van der Waals surface area contributed by atoms with E-state index in [1.165, 1.54) is 54.2 Å². The minimum atomic E-state index is -1.17. The number of carboxylic acid groups (broad SMARTS) is 1. The zero-order chi connectivity index (χ0) is 34.0. The van der Waals surface area contributed by atoms with Gasteiger partial charge in [-0.15, -0.1) is 11.8 Å². The van der Waals surface area contributed by atoms with Crippen LogP contribution in [0.15, 0.2) is 138 Å². The van der Waals surface area contributed by atoms with Crippen molar-refractivity contribution in [2.45, 2.75) is 10.1 Å². The summed E-state index contributed by atoms with van der Waals surface area (Å²) >= 11 is 7.46. The van der Waals surface area contributed by atoms with Gasteiger partial charge in [-0.1, -0.05) is 84.4 Å². The molecule has 0 bridgehead atoms. The van der Waals surface area contributed by atoms with Crippen LogP contribution < -0.4 is 16.0 Å². The number of carbonyl (C=O) groups excluding carboxylic acids is 3. The first kappa shape index (κ1) is 33.6. The molecule has 3 amide bonds. The summed E-state index contributed by atoms with van der Waals surface area (Å²) in [5, 5.41) is 16.8. The normalized spacial score (nSPS) is 11.7. The molecule has 4 N–H and O–H groups in total. The summed E-state index contributed by atoms with van der Waals surface area (Å²) in [6.45, 7) is 0. The summed E-state index contributed by atoms with van der Waals surface area (Å²) in [4.78, 5) is 52.2. The monoisotopic (exact) mass is 679 g/mol. The van der Waals surface area contributed by atoms with E-state index in [0.717, 1.165) is 0 Å². The SMILES string of the molecule is O=C(Nc1cccc(SC(C(=O)Nc2cc(C(=O)O)ccc2Cl)c2ccccc2)c1)/C(=C/c1ccccc1F)NC(=O)c1ccccc1. The molecule has 0 saturated heterocycles. The fourth-order valence-electron chi connectivity index (χ4n) is 4.52. The Hall–Kier alpha value is -5.71. The molecule has 1 atom stereocenters. The van der Waals surface area contributed by atoms with Gasteiger partial charge < -0.3 is 21.1 Å². The van der Waals surface area contributed by atoms with Crippen molar-refractivity contribution in [1.29, 1.82) is 0 Å². The number of hydrogen-bond acceptors (Lipinski definition) is 5. The van der Waals surface area contributed by atoms with Gasteiger partial charge in [-0.05, 0) is 66.2 Å². The Bertz CT molecular complexity index is 2010. The molecule has 5 aromatic carbocycles. The summed E-state index contributed by atoms with van der Waals surface area (Å²) in [6.07, 6.45) is 1.25. The van der Waals surface area contributed by atoms with Crippen molar-refractivity contribution >= 4 is 64.5 Å². The van der Waals surface area contributed by atoms with Crippen LogP contribution >= 0.6 is 23.4 Å². The molecule has 0 aliphatic heterocycles. The molecule has 8 nitrogen and oxygen atoms in total. The van der Waals surface area contributed by atoms with E-state index in [1.54, 1.807) is 84.9 Å². The lowest BCUT2D eigenvalue weighted by molar-refractivity contribution is -0.116. The first-order valence-corrected chi connectivity index (χ1v) is 15.7. The van der Waals surface area contributed by atoms with Crippen LogP contribution in [0.2, 0.25) is 5.02 Å². The van der Waals surface area contributed by atoms with E-state index in [0.29, 0.717) is 21.7 Å². The Morgan fingerprint density at radius 2 is 1.44 bits per heavy atom. The van der Waals surface area contributed by atoms with E-state index in [-0.39, 0.29) is 27.5 Å². The molecule has 5 aromatic rings. The van der Waals surface area contributed by atoms with Crippen LogP contribution in [0.3, 0.4) is 0 Å². The van der Waals surface area contributed by atoms with Gasteiger partial charge in [0.25, 0.3) is 11.8 Å². The average molecular weight is 680 g/mol. The number of benzene rings is 5. The first-order valence-electron chi connectivity index (χ1n) is 14.5. The second kappa shape index (κ2) is 15.7. The van der Waals surface area contributed by atoms with E-state index in [1.807, 2.05) is 6.07 Å². The molecule has 0 spiro atoms. The van der Waals surface area contributed by atoms with Crippen molar-refractivity contribution in [2.24, 2.45) is 0 Å². The van der Waals surface area contributed by atoms with Gasteiger partial charge in [-0.25, -0.2) is 9.18 Å². The number of aromatic carboxylic acids is 1. The van der Waals surface area contributed by atoms with Gasteiger partial charge in [-0.3, -0.25) is 14.4 Å². The zero-order valence-corrected chi connectivity index (χ0v) is 26.6. The minimum absolute atomic E-state index is 0.0366. The van der Waals surface area contributed by atoms with Crippen LogP contribution in [0.5, 0.6) is 0 Å². The number of halogens is 2. The fraction of sp³-hybridized carbons (Fsp3) is 0.0270. The maximum atomic E-state index is 14.5. The van der Waals surface area contributed by atoms with Crippen molar-refractivity contribution in [1.82, 2.24) is 5.32 Å². The molecule has 0 aliphatic rings. The highest BCUT2D eigenvalue weighted by atomic mass is 35.5. The molecule has 0 saturated carbocycles. The van der Waals surface area contributed by atoms with Crippen molar-refractivity contribution < 1.29 is 28.7 Å². The molecular weight excluding hydrogens is 653 g/mol. The minimum Gasteiger partial charge on any atom is -0.478 e. The predicted molar refractivity (Wildman–Crippen MR) is 185 cm³/mol. The van der Waals surface area contributed by atoms with Crippen LogP contribution in [0, 0.1) is 5.82 Å². The van der Waals surface area contributed by atoms with Crippen molar-refractivity contribution in [3.8, 4) is 0 Å². The highest BCUT2D eigenvalue weighted by molar-refractivity contribution is 8.00. The smallest absolute Gasteiger partial charge is 0.335 e. The Morgan fingerprint density at radius 1 is 0.750 bits per heavy atom. The molecule has 0 aliphatic carbocycles. The van der Waals surface area contributed by atoms with Crippen LogP contribution in [-0.4, -0.2) is 28.8 Å². The third-order valence-corrected chi connectivity index (χ3v) is 8.47. The number of carboxylic acids is 1. The van der Waals surface area contributed by atoms with E-state index >= 15 is 0 Å². The summed E-state index contributed by atoms with van der Waals surface area (Å²) < 4.78 is 14.5. The standard InChI is InChI=1S/C37H27ClFN3O5S/c38-29-19-18-26(37(46)47)21-31(29)41-36(45)33(23-10-3-1-4-11-23)48-28-16-9-15-27(22-28)40-35(44)32(20-25-14-7-8-17-30(25)39)42-34(43)24-12-5-2-6-13-24/h1-22,33H,(H,40,44)(H,41,45)(H,42,43)(H,46,47)/b32-20-. The number of rotatable bonds is 11. The summed E-state index contributed by atoms with van der Waals surface area (Å²) in [6, 6.07) is 33.9. The number of amides is 3. The largest absolute Gasteiger partial charge is 0.478 e. The number of hydrogen-bond donors (Lipinski definition) is 4. The van der Waals surface area contributed by atoms with Gasteiger partial charge in [0, 0.05) is 21.7 Å². The lowest BCUT2D eigenvalue weighted by Gasteiger charge is -2.18. The lowest BCUT2D eigenvalue weighted by atomic mass is 10.1. The predicted octanol–water partition coefficient (Wildman–Crippen LogP) is 8.06. The Kier molecular flexibility index (Phi) is 11.0. The molecule has 0 fully saturated rings. The number of anilines is 2. The highest BCUT2D eigenvalue weighted by Crippen LogP contribution is 2.38. The lowest BCUT2D eigenvalue weighted by Crippen LogP contribution is -2.30. The number of nitrogens with one attached hydrogen (secondary N) is 3. The second-order valence-corrected chi connectivity index (χ2v) is 11.9. The molecule has 11 heteroatoms. The zero-order valence-electron chi connectivity index (χ0n) is 25.0. The molecule has 240 valence electrons. The van der Waals surface area contributed by atoms with Crippen LogP contribution in [0.4, 0.5) is 15.8 Å². The van der Waals surface area contributed by atoms with Crippen molar-refractivity contribution in [3.63, 3.8) is 0 Å². The first-order chi connectivity index (χ1) is 23.2. The molecule has 5 rings (SSSR count). The molecule has 0 aromatic heterocycles. The Balaban J connectivity index is 1.39. The van der Waals surface area contributed by atoms with E-state index in [4.69, 9.17) is 11.6 Å². The number of carbonyl (C=O) groups is 4. The second-order valence-electron chi connectivity index (χ2n) is 10.3. The third kappa shape index (κ3) is 8.75. The van der Waals surface area contributed by atoms with E-state index in [9.17, 15) is 28.7 Å². The summed E-state index contributed by atoms with van der Waals surface area (Å²) in [5.41, 5.74) is 1.35. The van der Waals surface area contributed by atoms with Gasteiger partial charge in [0.2, 0.25) is 5.91 Å². The third-order valence-electron chi connectivity index (χ3n) is 6.89. The van der Waals surface area contributed by atoms with Gasteiger partial charge in [0.05, 0.1) is 16.3 Å². The van der Waals surface area contributed by atoms with Crippen LogP contribution in [0.25, 0.3) is 6.08 Å². The van der Waals surface area contributed by atoms with Crippen LogP contribution in [-0.2, 0) is 9.59 Å². The van der Waals surface area contributed by atoms with Crippen LogP contribution in [0.1, 0.15) is 37.1 Å². The Morgan fingerprint density at radius 3 is 2.15 bits per heavy atom. The quantitative estimate of drug-likeness (QED) is 0.0827. The van der Waals surface area contributed by atoms with Gasteiger partial charge in [-0.2, -0.15) is 0 Å². The highest BCUT2D eigenvalue weighted by Gasteiger charge is 2.24. The maximum absolute atomic E-state index is 14.5. The van der Waals surface area contributed by atoms with Crippen molar-refractivity contribution in [3.05, 3.63) is 166 Å². The molecular formula is C37H27ClFN3O5S. The van der Waals surface area contributed by atoms with Gasteiger partial charge >= 0.3 is 5.97 Å². The summed E-state index contributed by atoms with van der Waals surface area (Å²) in [5.74, 6) is -3.44. The Labute approximate surface area is 284 Å². The molecule has 0 heterocycles. The molecule has 48 heavy (non-hydrogen) atoms. The molecule has 1 unspecified atom stereocenters. The fourth-order valence-corrected chi connectivity index (χ4v) is 5.77.